The van der Waals surface area contributed by atoms with E-state index < -0.39 is 0 Å². The Bertz CT molecular complexity index is 261. The number of aliphatic hydroxyl groups is 1. The molecule has 0 aliphatic rings. The summed E-state index contributed by atoms with van der Waals surface area (Å²) in [6.07, 6.45) is 0. The first-order valence-corrected chi connectivity index (χ1v) is 4.83. The molecule has 0 saturated heterocycles. The van der Waals surface area contributed by atoms with Crippen LogP contribution in [0.4, 0.5) is 4.79 Å². The Kier molecular flexibility index (Phi) is 3.72. The van der Waals surface area contributed by atoms with Crippen molar-refractivity contribution in [1.82, 2.24) is 10.6 Å². The second-order valence-corrected chi connectivity index (χ2v) is 3.30. The van der Waals surface area contributed by atoms with Gasteiger partial charge in [0.1, 0.15) is 0 Å². The molecule has 1 atom stereocenters. The van der Waals surface area contributed by atoms with Crippen LogP contribution in [0.2, 0.25) is 0 Å². The fraction of sp³-hybridized carbons (Fsp3) is 0.375. The molecule has 0 fully saturated rings. The van der Waals surface area contributed by atoms with Gasteiger partial charge in [-0.3, -0.25) is 0 Å². The summed E-state index contributed by atoms with van der Waals surface area (Å²) < 4.78 is 0. The molecular weight excluding hydrogens is 188 g/mol. The van der Waals surface area contributed by atoms with Crippen molar-refractivity contribution in [3.63, 3.8) is 0 Å². The Morgan fingerprint density at radius 2 is 2.54 bits per heavy atom. The molecule has 0 spiro atoms. The summed E-state index contributed by atoms with van der Waals surface area (Å²) >= 11 is 1.54. The third-order valence-electron chi connectivity index (χ3n) is 1.66. The number of carbonyl (C=O) groups excluding carboxylic acids is 1. The molecule has 1 unspecified atom stereocenters. The van der Waals surface area contributed by atoms with Gasteiger partial charge in [0.25, 0.3) is 0 Å². The van der Waals surface area contributed by atoms with E-state index in [0.29, 0.717) is 0 Å². The normalized spacial score (nSPS) is 12.2. The van der Waals surface area contributed by atoms with Crippen LogP contribution in [0.1, 0.15) is 11.6 Å². The first-order chi connectivity index (χ1) is 6.27. The van der Waals surface area contributed by atoms with Crippen LogP contribution in [0, 0.1) is 0 Å². The van der Waals surface area contributed by atoms with Gasteiger partial charge < -0.3 is 15.7 Å². The van der Waals surface area contributed by atoms with Crippen molar-refractivity contribution < 1.29 is 9.90 Å². The lowest BCUT2D eigenvalue weighted by atomic mass is 10.2. The zero-order chi connectivity index (χ0) is 9.68. The van der Waals surface area contributed by atoms with Gasteiger partial charge in [0.15, 0.2) is 0 Å². The summed E-state index contributed by atoms with van der Waals surface area (Å²) in [5.41, 5.74) is 0.927. The maximum atomic E-state index is 10.9. The summed E-state index contributed by atoms with van der Waals surface area (Å²) in [5, 5.41) is 17.9. The van der Waals surface area contributed by atoms with Crippen molar-refractivity contribution in [3.8, 4) is 0 Å². The number of thiophene rings is 1. The molecule has 0 saturated carbocycles. The van der Waals surface area contributed by atoms with E-state index in [9.17, 15) is 4.79 Å². The van der Waals surface area contributed by atoms with Crippen LogP contribution in [-0.2, 0) is 0 Å². The van der Waals surface area contributed by atoms with Crippen LogP contribution in [-0.4, -0.2) is 24.8 Å². The van der Waals surface area contributed by atoms with Gasteiger partial charge in [-0.15, -0.1) is 0 Å². The number of urea groups is 1. The van der Waals surface area contributed by atoms with Gasteiger partial charge in [-0.05, 0) is 22.4 Å². The van der Waals surface area contributed by atoms with E-state index in [1.165, 1.54) is 18.4 Å². The molecule has 2 amide bonds. The van der Waals surface area contributed by atoms with E-state index >= 15 is 0 Å². The topological polar surface area (TPSA) is 61.4 Å². The summed E-state index contributed by atoms with van der Waals surface area (Å²) in [4.78, 5) is 10.9. The van der Waals surface area contributed by atoms with E-state index in [4.69, 9.17) is 5.11 Å². The highest BCUT2D eigenvalue weighted by Gasteiger charge is 2.12. The van der Waals surface area contributed by atoms with Gasteiger partial charge in [0, 0.05) is 7.05 Å². The van der Waals surface area contributed by atoms with Crippen molar-refractivity contribution in [3.05, 3.63) is 22.4 Å². The second kappa shape index (κ2) is 4.84. The molecule has 1 heterocycles. The van der Waals surface area contributed by atoms with Gasteiger partial charge in [-0.25, -0.2) is 4.79 Å². The van der Waals surface area contributed by atoms with E-state index in [2.05, 4.69) is 10.6 Å². The fourth-order valence-electron chi connectivity index (χ4n) is 0.938. The van der Waals surface area contributed by atoms with Crippen molar-refractivity contribution in [2.24, 2.45) is 0 Å². The van der Waals surface area contributed by atoms with Crippen molar-refractivity contribution in [1.29, 1.82) is 0 Å². The van der Waals surface area contributed by atoms with Crippen LogP contribution in [0.5, 0.6) is 0 Å². The average Bonchev–Trinajstić information content (AvgIpc) is 2.66. The molecule has 0 aliphatic carbocycles. The zero-order valence-electron chi connectivity index (χ0n) is 7.28. The number of hydrogen-bond acceptors (Lipinski definition) is 3. The molecule has 1 aromatic rings. The van der Waals surface area contributed by atoms with Crippen LogP contribution in [0.3, 0.4) is 0 Å². The molecular formula is C8H12N2O2S. The fourth-order valence-corrected chi connectivity index (χ4v) is 1.65. The molecule has 72 valence electrons. The van der Waals surface area contributed by atoms with Crippen molar-refractivity contribution >= 4 is 17.4 Å². The van der Waals surface area contributed by atoms with Crippen LogP contribution in [0.15, 0.2) is 16.8 Å². The minimum atomic E-state index is -0.314. The van der Waals surface area contributed by atoms with Crippen molar-refractivity contribution in [2.45, 2.75) is 6.04 Å². The Hall–Kier alpha value is -1.07. The standard InChI is InChI=1S/C8H12N2O2S/c1-9-8(12)10-7(4-11)6-2-3-13-5-6/h2-3,5,7,11H,4H2,1H3,(H2,9,10,12). The Morgan fingerprint density at radius 3 is 3.00 bits per heavy atom. The summed E-state index contributed by atoms with van der Waals surface area (Å²) in [5.74, 6) is 0. The van der Waals surface area contributed by atoms with Crippen LogP contribution in [0.25, 0.3) is 0 Å². The average molecular weight is 200 g/mol. The van der Waals surface area contributed by atoms with E-state index in [-0.39, 0.29) is 18.7 Å². The molecule has 0 radical (unpaired) electrons. The number of nitrogens with one attached hydrogen (secondary N) is 2. The highest BCUT2D eigenvalue weighted by Crippen LogP contribution is 2.15. The number of rotatable bonds is 3. The number of carbonyl (C=O) groups is 1. The third kappa shape index (κ3) is 2.71. The molecule has 13 heavy (non-hydrogen) atoms. The largest absolute Gasteiger partial charge is 0.394 e. The van der Waals surface area contributed by atoms with Gasteiger partial charge in [0.05, 0.1) is 12.6 Å². The zero-order valence-corrected chi connectivity index (χ0v) is 8.10. The molecule has 0 aliphatic heterocycles. The number of amides is 2. The Morgan fingerprint density at radius 1 is 1.77 bits per heavy atom. The lowest BCUT2D eigenvalue weighted by Gasteiger charge is -2.14. The molecule has 0 bridgehead atoms. The van der Waals surface area contributed by atoms with Gasteiger partial charge in [-0.1, -0.05) is 0 Å². The predicted octanol–water partition coefficient (Wildman–Crippen LogP) is 0.711. The highest BCUT2D eigenvalue weighted by atomic mass is 32.1. The van der Waals surface area contributed by atoms with Crippen LogP contribution < -0.4 is 10.6 Å². The Balaban J connectivity index is 2.58. The van der Waals surface area contributed by atoms with Gasteiger partial charge in [-0.2, -0.15) is 11.3 Å². The monoisotopic (exact) mass is 200 g/mol. The smallest absolute Gasteiger partial charge is 0.315 e. The SMILES string of the molecule is CNC(=O)NC(CO)c1ccsc1. The Labute approximate surface area is 80.6 Å². The number of hydrogen-bond donors (Lipinski definition) is 3. The molecule has 4 nitrogen and oxygen atoms in total. The van der Waals surface area contributed by atoms with Gasteiger partial charge in [0.2, 0.25) is 0 Å². The second-order valence-electron chi connectivity index (χ2n) is 2.52. The quantitative estimate of drug-likeness (QED) is 0.673. The number of aliphatic hydroxyl groups excluding tert-OH is 1. The summed E-state index contributed by atoms with van der Waals surface area (Å²) in [6, 6.07) is 1.28. The lowest BCUT2D eigenvalue weighted by molar-refractivity contribution is 0.218. The third-order valence-corrected chi connectivity index (χ3v) is 2.36. The lowest BCUT2D eigenvalue weighted by Crippen LogP contribution is -2.37. The molecule has 5 heteroatoms. The first-order valence-electron chi connectivity index (χ1n) is 3.89. The summed E-state index contributed by atoms with van der Waals surface area (Å²) in [7, 11) is 1.54. The van der Waals surface area contributed by atoms with E-state index in [1.807, 2.05) is 16.8 Å². The molecule has 3 N–H and O–H groups in total. The van der Waals surface area contributed by atoms with E-state index in [0.717, 1.165) is 5.56 Å². The van der Waals surface area contributed by atoms with E-state index in [1.54, 1.807) is 0 Å². The maximum Gasteiger partial charge on any atom is 0.315 e. The predicted molar refractivity (Wildman–Crippen MR) is 51.7 cm³/mol. The molecule has 0 aromatic carbocycles. The molecule has 1 rings (SSSR count). The minimum absolute atomic E-state index is 0.0931. The molecule has 1 aromatic heterocycles. The van der Waals surface area contributed by atoms with Crippen molar-refractivity contribution in [2.75, 3.05) is 13.7 Å². The summed E-state index contributed by atoms with van der Waals surface area (Å²) in [6.45, 7) is -0.0931. The first kappa shape index (κ1) is 10.0. The van der Waals surface area contributed by atoms with Gasteiger partial charge >= 0.3 is 6.03 Å². The van der Waals surface area contributed by atoms with Crippen LogP contribution >= 0.6 is 11.3 Å². The highest BCUT2D eigenvalue weighted by molar-refractivity contribution is 7.07. The minimum Gasteiger partial charge on any atom is -0.394 e. The maximum absolute atomic E-state index is 10.9.